The molecule has 7 nitrogen and oxygen atoms in total. The molecule has 1 aliphatic rings. The lowest BCUT2D eigenvalue weighted by molar-refractivity contribution is -0.139. The maximum Gasteiger partial charge on any atom is 0.416 e. The third kappa shape index (κ3) is 7.54. The van der Waals surface area contributed by atoms with Crippen LogP contribution >= 0.6 is 23.2 Å². The van der Waals surface area contributed by atoms with Crippen LogP contribution in [-0.4, -0.2) is 50.0 Å². The number of benzene rings is 2. The van der Waals surface area contributed by atoms with Gasteiger partial charge in [-0.25, -0.2) is 8.42 Å². The Morgan fingerprint density at radius 3 is 2.29 bits per heavy atom. The second-order valence-corrected chi connectivity index (χ2v) is 11.9. The number of amides is 2. The predicted octanol–water partition coefficient (Wildman–Crippen LogP) is 5.25. The lowest BCUT2D eigenvalue weighted by Crippen LogP contribution is -2.52. The largest absolute Gasteiger partial charge is 0.416 e. The predicted molar refractivity (Wildman–Crippen MR) is 141 cm³/mol. The molecule has 1 aliphatic carbocycles. The van der Waals surface area contributed by atoms with Crippen LogP contribution in [0.5, 0.6) is 0 Å². The minimum absolute atomic E-state index is 0.0290. The molecule has 0 spiro atoms. The molecule has 3 rings (SSSR count). The molecule has 2 aromatic rings. The van der Waals surface area contributed by atoms with Gasteiger partial charge in [-0.15, -0.1) is 0 Å². The van der Waals surface area contributed by atoms with Gasteiger partial charge >= 0.3 is 6.18 Å². The molecule has 0 aliphatic heterocycles. The van der Waals surface area contributed by atoms with Gasteiger partial charge in [0.15, 0.2) is 0 Å². The molecule has 1 fully saturated rings. The summed E-state index contributed by atoms with van der Waals surface area (Å²) in [5, 5.41) is 2.96. The van der Waals surface area contributed by atoms with Crippen molar-refractivity contribution in [3.8, 4) is 0 Å². The summed E-state index contributed by atoms with van der Waals surface area (Å²) in [6, 6.07) is 7.79. The van der Waals surface area contributed by atoms with E-state index in [4.69, 9.17) is 23.2 Å². The number of anilines is 1. The van der Waals surface area contributed by atoms with E-state index in [1.54, 1.807) is 24.3 Å². The summed E-state index contributed by atoms with van der Waals surface area (Å²) in [4.78, 5) is 27.8. The summed E-state index contributed by atoms with van der Waals surface area (Å²) < 4.78 is 65.9. The van der Waals surface area contributed by atoms with Crippen LogP contribution < -0.4 is 9.62 Å². The zero-order valence-electron chi connectivity index (χ0n) is 20.8. The number of alkyl halides is 3. The number of nitrogens with zero attached hydrogens (tertiary/aromatic N) is 2. The number of carbonyl (C=O) groups is 2. The Balaban J connectivity index is 1.97. The molecule has 2 aromatic carbocycles. The molecule has 208 valence electrons. The fourth-order valence-corrected chi connectivity index (χ4v) is 5.58. The van der Waals surface area contributed by atoms with Crippen molar-refractivity contribution in [2.75, 3.05) is 17.1 Å². The summed E-state index contributed by atoms with van der Waals surface area (Å²) in [6.45, 7) is 0.484. The first kappa shape index (κ1) is 30.0. The molecule has 13 heteroatoms. The highest BCUT2D eigenvalue weighted by atomic mass is 35.5. The Morgan fingerprint density at radius 1 is 1.08 bits per heavy atom. The number of nitrogens with one attached hydrogen (secondary N) is 1. The molecule has 0 heterocycles. The Bertz CT molecular complexity index is 1280. The van der Waals surface area contributed by atoms with Gasteiger partial charge < -0.3 is 10.2 Å². The fourth-order valence-electron chi connectivity index (χ4n) is 4.26. The van der Waals surface area contributed by atoms with Crippen molar-refractivity contribution in [2.45, 2.75) is 57.4 Å². The smallest absolute Gasteiger partial charge is 0.352 e. The molecule has 1 saturated carbocycles. The van der Waals surface area contributed by atoms with E-state index in [0.29, 0.717) is 27.0 Å². The molecule has 0 radical (unpaired) electrons. The first-order valence-corrected chi connectivity index (χ1v) is 14.5. The quantitative estimate of drug-likeness (QED) is 0.430. The van der Waals surface area contributed by atoms with Crippen LogP contribution in [0.1, 0.15) is 43.7 Å². The zero-order valence-corrected chi connectivity index (χ0v) is 23.1. The van der Waals surface area contributed by atoms with E-state index >= 15 is 0 Å². The lowest BCUT2D eigenvalue weighted by atomic mass is 10.1. The van der Waals surface area contributed by atoms with Crippen molar-refractivity contribution in [1.82, 2.24) is 10.2 Å². The van der Waals surface area contributed by atoms with Crippen LogP contribution in [0.25, 0.3) is 0 Å². The number of rotatable bonds is 9. The average molecular weight is 594 g/mol. The minimum Gasteiger partial charge on any atom is -0.352 e. The summed E-state index contributed by atoms with van der Waals surface area (Å²) in [5.41, 5.74) is -1.13. The Kier molecular flexibility index (Phi) is 9.59. The monoisotopic (exact) mass is 593 g/mol. The third-order valence-corrected chi connectivity index (χ3v) is 8.20. The van der Waals surface area contributed by atoms with Crippen molar-refractivity contribution < 1.29 is 31.2 Å². The van der Waals surface area contributed by atoms with Crippen molar-refractivity contribution >= 4 is 50.7 Å². The Morgan fingerprint density at radius 2 is 1.71 bits per heavy atom. The van der Waals surface area contributed by atoms with Gasteiger partial charge in [-0.1, -0.05) is 54.2 Å². The van der Waals surface area contributed by atoms with Gasteiger partial charge in [-0.2, -0.15) is 13.2 Å². The first-order chi connectivity index (χ1) is 17.7. The van der Waals surface area contributed by atoms with Crippen molar-refractivity contribution in [2.24, 2.45) is 0 Å². The van der Waals surface area contributed by atoms with E-state index in [0.717, 1.165) is 42.9 Å². The molecular formula is C25H28Cl2F3N3O4S. The van der Waals surface area contributed by atoms with Gasteiger partial charge in [0, 0.05) is 17.6 Å². The molecule has 0 saturated heterocycles. The van der Waals surface area contributed by atoms with Gasteiger partial charge in [0.25, 0.3) is 0 Å². The summed E-state index contributed by atoms with van der Waals surface area (Å²) >= 11 is 12.4. The second kappa shape index (κ2) is 12.1. The molecule has 38 heavy (non-hydrogen) atoms. The van der Waals surface area contributed by atoms with Crippen molar-refractivity contribution in [3.05, 3.63) is 63.6 Å². The van der Waals surface area contributed by atoms with Gasteiger partial charge in [0.05, 0.1) is 22.5 Å². The normalized spacial score (nSPS) is 15.2. The molecular weight excluding hydrogens is 566 g/mol. The molecule has 0 aromatic heterocycles. The van der Waals surface area contributed by atoms with Gasteiger partial charge in [-0.3, -0.25) is 13.9 Å². The van der Waals surface area contributed by atoms with Gasteiger partial charge in [0.2, 0.25) is 21.8 Å². The van der Waals surface area contributed by atoms with E-state index in [1.807, 2.05) is 0 Å². The van der Waals surface area contributed by atoms with E-state index < -0.39 is 51.9 Å². The highest BCUT2D eigenvalue weighted by Crippen LogP contribution is 2.36. The van der Waals surface area contributed by atoms with Crippen LogP contribution in [0.2, 0.25) is 10.0 Å². The van der Waals surface area contributed by atoms with Crippen LogP contribution in [0.4, 0.5) is 18.9 Å². The lowest BCUT2D eigenvalue weighted by Gasteiger charge is -2.32. The second-order valence-electron chi connectivity index (χ2n) is 9.21. The number of carbonyl (C=O) groups excluding carboxylic acids is 2. The number of halogens is 5. The third-order valence-electron chi connectivity index (χ3n) is 6.39. The molecule has 1 N–H and O–H groups in total. The molecule has 2 amide bonds. The Labute approximate surface area is 229 Å². The SMILES string of the molecule is C[C@@H](C(=O)NC1CCCC1)N(Cc1ccccc1Cl)C(=O)CN(c1cc(C(F)(F)F)ccc1Cl)S(C)(=O)=O. The molecule has 0 bridgehead atoms. The van der Waals surface area contributed by atoms with Crippen molar-refractivity contribution in [3.63, 3.8) is 0 Å². The van der Waals surface area contributed by atoms with Crippen LogP contribution in [-0.2, 0) is 32.3 Å². The van der Waals surface area contributed by atoms with E-state index in [1.165, 1.54) is 6.92 Å². The van der Waals surface area contributed by atoms with E-state index in [-0.39, 0.29) is 17.6 Å². The maximum absolute atomic E-state index is 13.6. The summed E-state index contributed by atoms with van der Waals surface area (Å²) in [7, 11) is -4.27. The average Bonchev–Trinajstić information content (AvgIpc) is 3.33. The highest BCUT2D eigenvalue weighted by molar-refractivity contribution is 7.92. The van der Waals surface area contributed by atoms with Crippen LogP contribution in [0.3, 0.4) is 0 Å². The molecule has 0 unspecified atom stereocenters. The van der Waals surface area contributed by atoms with Crippen molar-refractivity contribution in [1.29, 1.82) is 0 Å². The number of hydrogen-bond acceptors (Lipinski definition) is 4. The number of sulfonamides is 1. The maximum atomic E-state index is 13.6. The van der Waals surface area contributed by atoms with E-state index in [9.17, 15) is 31.2 Å². The fraction of sp³-hybridized carbons (Fsp3) is 0.440. The molecule has 1 atom stereocenters. The van der Waals surface area contributed by atoms with Gasteiger partial charge in [0.1, 0.15) is 12.6 Å². The van der Waals surface area contributed by atoms with E-state index in [2.05, 4.69) is 5.32 Å². The van der Waals surface area contributed by atoms with Crippen LogP contribution in [0.15, 0.2) is 42.5 Å². The Hall–Kier alpha value is -2.50. The summed E-state index contributed by atoms with van der Waals surface area (Å²) in [5.74, 6) is -1.25. The first-order valence-electron chi connectivity index (χ1n) is 11.9. The van der Waals surface area contributed by atoms with Crippen LogP contribution in [0, 0.1) is 0 Å². The zero-order chi connectivity index (χ0) is 28.3. The highest BCUT2D eigenvalue weighted by Gasteiger charge is 2.35. The summed E-state index contributed by atoms with van der Waals surface area (Å²) in [6.07, 6.45) is -0.439. The topological polar surface area (TPSA) is 86.8 Å². The standard InChI is InChI=1S/C25H28Cl2F3N3O4S/c1-16(24(35)31-19-8-4-5-9-19)32(14-17-7-3-6-10-20(17)26)23(34)15-33(38(2,36)37)22-13-18(25(28,29)30)11-12-21(22)27/h3,6-7,10-13,16,19H,4-5,8-9,14-15H2,1-2H3,(H,31,35)/t16-/m0/s1. The van der Waals surface area contributed by atoms with Gasteiger partial charge in [-0.05, 0) is 49.6 Å². The minimum atomic E-state index is -4.77. The number of hydrogen-bond donors (Lipinski definition) is 1.